The van der Waals surface area contributed by atoms with E-state index >= 15 is 0 Å². The molecule has 0 heterocycles. The van der Waals surface area contributed by atoms with Crippen LogP contribution in [-0.2, 0) is 15.6 Å². The molecule has 0 unspecified atom stereocenters. The minimum atomic E-state index is -0.481. The van der Waals surface area contributed by atoms with Crippen LogP contribution in [0.4, 0.5) is 11.4 Å². The molecule has 7 heteroatoms. The lowest BCUT2D eigenvalue weighted by molar-refractivity contribution is -0.386. The van der Waals surface area contributed by atoms with Crippen LogP contribution in [0, 0.1) is 28.4 Å². The molecule has 1 aromatic carbocycles. The van der Waals surface area contributed by atoms with E-state index in [1.54, 1.807) is 13.0 Å². The molecule has 1 amide bonds. The second kappa shape index (κ2) is 5.85. The number of nitro groups is 1. The number of hydrogen-bond acceptors (Lipinski definition) is 4. The Balaban J connectivity index is 2.84. The fraction of sp³-hybridized carbons (Fsp3) is 0.529. The summed E-state index contributed by atoms with van der Waals surface area (Å²) in [6.45, 7) is 9.74. The number of carbonyl (C=O) groups excluding carboxylic acids is 1. The minimum absolute atomic E-state index is 0.0519. The van der Waals surface area contributed by atoms with Gasteiger partial charge in [-0.25, -0.2) is 0 Å². The highest BCUT2D eigenvalue weighted by Crippen LogP contribution is 2.57. The summed E-state index contributed by atoms with van der Waals surface area (Å²) in [7, 11) is 0. The number of nitriles is 1. The van der Waals surface area contributed by atoms with Crippen LogP contribution in [0.25, 0.3) is 0 Å². The van der Waals surface area contributed by atoms with E-state index in [0.717, 1.165) is 17.5 Å². The van der Waals surface area contributed by atoms with E-state index < -0.39 is 5.91 Å². The number of hydrogen-bond donors (Lipinski definition) is 1. The largest absolute Gasteiger partial charge is 0.324 e. The van der Waals surface area contributed by atoms with Crippen LogP contribution in [0.2, 0.25) is 0 Å². The molecule has 1 N–H and O–H groups in total. The SMILES string of the molecule is Cc1c(NC(=O)CC#N)c(Br)c2c(c1[N+](=O)[O-])C(C)(C)CC2(C)C. The van der Waals surface area contributed by atoms with E-state index in [2.05, 4.69) is 21.2 Å². The summed E-state index contributed by atoms with van der Waals surface area (Å²) in [5.74, 6) is -0.481. The van der Waals surface area contributed by atoms with Gasteiger partial charge in [-0.3, -0.25) is 14.9 Å². The highest BCUT2D eigenvalue weighted by molar-refractivity contribution is 9.10. The molecule has 1 aliphatic rings. The van der Waals surface area contributed by atoms with Crippen molar-refractivity contribution in [1.82, 2.24) is 0 Å². The second-order valence-corrected chi connectivity index (χ2v) is 8.29. The Bertz CT molecular complexity index is 791. The minimum Gasteiger partial charge on any atom is -0.324 e. The highest BCUT2D eigenvalue weighted by Gasteiger charge is 2.49. The van der Waals surface area contributed by atoms with Gasteiger partial charge < -0.3 is 5.32 Å². The first-order valence-electron chi connectivity index (χ1n) is 7.62. The van der Waals surface area contributed by atoms with E-state index in [1.165, 1.54) is 0 Å². The van der Waals surface area contributed by atoms with Crippen LogP contribution in [-0.4, -0.2) is 10.8 Å². The first kappa shape index (κ1) is 18.4. The van der Waals surface area contributed by atoms with Crippen molar-refractivity contribution in [3.05, 3.63) is 31.3 Å². The maximum Gasteiger partial charge on any atom is 0.278 e. The second-order valence-electron chi connectivity index (χ2n) is 7.50. The van der Waals surface area contributed by atoms with Crippen molar-refractivity contribution in [2.45, 2.75) is 58.3 Å². The third-order valence-electron chi connectivity index (χ3n) is 4.58. The van der Waals surface area contributed by atoms with Crippen LogP contribution in [0.1, 0.15) is 57.2 Å². The molecule has 0 radical (unpaired) electrons. The zero-order chi connectivity index (χ0) is 18.4. The molecule has 0 saturated heterocycles. The predicted octanol–water partition coefficient (Wildman–Crippen LogP) is 4.48. The summed E-state index contributed by atoms with van der Waals surface area (Å²) in [4.78, 5) is 23.3. The van der Waals surface area contributed by atoms with Gasteiger partial charge in [-0.2, -0.15) is 5.26 Å². The van der Waals surface area contributed by atoms with Crippen molar-refractivity contribution < 1.29 is 9.72 Å². The molecular formula is C17H20BrN3O3. The third-order valence-corrected chi connectivity index (χ3v) is 5.37. The van der Waals surface area contributed by atoms with Gasteiger partial charge in [0.25, 0.3) is 5.69 Å². The fourth-order valence-electron chi connectivity index (χ4n) is 4.03. The van der Waals surface area contributed by atoms with Gasteiger partial charge in [0.15, 0.2) is 0 Å². The Morgan fingerprint density at radius 2 is 1.88 bits per heavy atom. The van der Waals surface area contributed by atoms with Gasteiger partial charge in [0.05, 0.1) is 22.2 Å². The third kappa shape index (κ3) is 2.80. The van der Waals surface area contributed by atoms with E-state index in [4.69, 9.17) is 5.26 Å². The number of nitrogens with zero attached hydrogens (tertiary/aromatic N) is 2. The van der Waals surface area contributed by atoms with E-state index in [-0.39, 0.29) is 27.9 Å². The summed E-state index contributed by atoms with van der Waals surface area (Å²) in [6.07, 6.45) is 0.468. The molecule has 0 aromatic heterocycles. The number of rotatable bonds is 3. The van der Waals surface area contributed by atoms with Crippen molar-refractivity contribution in [3.8, 4) is 6.07 Å². The van der Waals surface area contributed by atoms with Gasteiger partial charge in [-0.1, -0.05) is 27.7 Å². The summed E-state index contributed by atoms with van der Waals surface area (Å²) < 4.78 is 0.669. The topological polar surface area (TPSA) is 96.0 Å². The van der Waals surface area contributed by atoms with E-state index in [9.17, 15) is 14.9 Å². The maximum absolute atomic E-state index is 11.9. The number of nitrogens with one attached hydrogen (secondary N) is 1. The Hall–Kier alpha value is -1.94. The van der Waals surface area contributed by atoms with Gasteiger partial charge in [-0.05, 0) is 45.7 Å². The zero-order valence-corrected chi connectivity index (χ0v) is 16.0. The quantitative estimate of drug-likeness (QED) is 0.604. The molecule has 24 heavy (non-hydrogen) atoms. The Morgan fingerprint density at radius 1 is 1.33 bits per heavy atom. The molecule has 1 aromatic rings. The molecule has 0 aliphatic heterocycles. The molecule has 0 saturated carbocycles. The monoisotopic (exact) mass is 393 g/mol. The standard InChI is InChI=1S/C17H20BrN3O3/c1-9-14(20-10(22)6-7-19)13(18)11-12(15(9)21(23)24)17(4,5)8-16(11,2)3/h6,8H2,1-5H3,(H,20,22). The molecule has 0 fully saturated rings. The van der Waals surface area contributed by atoms with E-state index in [0.29, 0.717) is 15.7 Å². The summed E-state index contributed by atoms with van der Waals surface area (Å²) in [6, 6.07) is 1.78. The number of benzene rings is 1. The number of nitro benzene ring substituents is 1. The van der Waals surface area contributed by atoms with Gasteiger partial charge in [0.1, 0.15) is 6.42 Å². The molecule has 1 aliphatic carbocycles. The lowest BCUT2D eigenvalue weighted by Gasteiger charge is -2.23. The maximum atomic E-state index is 11.9. The molecular weight excluding hydrogens is 374 g/mol. The summed E-state index contributed by atoms with van der Waals surface area (Å²) in [5.41, 5.74) is 1.80. The van der Waals surface area contributed by atoms with Crippen LogP contribution >= 0.6 is 15.9 Å². The Labute approximate surface area is 149 Å². The van der Waals surface area contributed by atoms with Gasteiger partial charge in [0.2, 0.25) is 5.91 Å². The molecule has 0 spiro atoms. The summed E-state index contributed by atoms with van der Waals surface area (Å²) >= 11 is 3.55. The zero-order valence-electron chi connectivity index (χ0n) is 14.4. The number of anilines is 1. The van der Waals surface area contributed by atoms with Crippen LogP contribution in [0.15, 0.2) is 4.47 Å². The molecule has 2 rings (SSSR count). The average Bonchev–Trinajstić information content (AvgIpc) is 2.59. The molecule has 128 valence electrons. The van der Waals surface area contributed by atoms with Crippen LogP contribution in [0.5, 0.6) is 0 Å². The van der Waals surface area contributed by atoms with Gasteiger partial charge in [-0.15, -0.1) is 0 Å². The van der Waals surface area contributed by atoms with Crippen molar-refractivity contribution in [3.63, 3.8) is 0 Å². The van der Waals surface area contributed by atoms with Crippen molar-refractivity contribution >= 4 is 33.2 Å². The number of fused-ring (bicyclic) bond motifs is 1. The lowest BCUT2D eigenvalue weighted by Crippen LogP contribution is -2.18. The van der Waals surface area contributed by atoms with Gasteiger partial charge in [0, 0.05) is 10.0 Å². The first-order chi connectivity index (χ1) is 10.9. The summed E-state index contributed by atoms with van der Waals surface area (Å²) in [5, 5.41) is 23.1. The van der Waals surface area contributed by atoms with Crippen molar-refractivity contribution in [2.24, 2.45) is 0 Å². The number of amides is 1. The Morgan fingerprint density at radius 3 is 2.38 bits per heavy atom. The lowest BCUT2D eigenvalue weighted by atomic mass is 9.81. The van der Waals surface area contributed by atoms with Crippen LogP contribution < -0.4 is 5.32 Å². The number of halogens is 1. The van der Waals surface area contributed by atoms with Crippen molar-refractivity contribution in [2.75, 3.05) is 5.32 Å². The highest BCUT2D eigenvalue weighted by atomic mass is 79.9. The van der Waals surface area contributed by atoms with Gasteiger partial charge >= 0.3 is 0 Å². The first-order valence-corrected chi connectivity index (χ1v) is 8.41. The Kier molecular flexibility index (Phi) is 4.49. The fourth-order valence-corrected chi connectivity index (χ4v) is 5.16. The molecule has 0 bridgehead atoms. The average molecular weight is 394 g/mol. The van der Waals surface area contributed by atoms with Crippen LogP contribution in [0.3, 0.4) is 0 Å². The predicted molar refractivity (Wildman–Crippen MR) is 95.1 cm³/mol. The number of carbonyl (C=O) groups is 1. The molecule has 6 nitrogen and oxygen atoms in total. The molecule has 0 atom stereocenters. The van der Waals surface area contributed by atoms with Crippen molar-refractivity contribution in [1.29, 1.82) is 5.26 Å². The van der Waals surface area contributed by atoms with E-state index in [1.807, 2.05) is 27.7 Å². The smallest absolute Gasteiger partial charge is 0.278 e. The normalized spacial score (nSPS) is 17.0.